The third kappa shape index (κ3) is 4.40. The van der Waals surface area contributed by atoms with Crippen LogP contribution in [0.1, 0.15) is 5.56 Å². The van der Waals surface area contributed by atoms with E-state index in [1.807, 2.05) is 24.3 Å². The number of non-ortho nitro benzene ring substituents is 1. The number of hydrogen-bond donors (Lipinski definition) is 0. The zero-order valence-electron chi connectivity index (χ0n) is 14.0. The van der Waals surface area contributed by atoms with Gasteiger partial charge in [0, 0.05) is 55.1 Å². The minimum absolute atomic E-state index is 0.00901. The monoisotopic (exact) mass is 371 g/mol. The highest BCUT2D eigenvalue weighted by Crippen LogP contribution is 2.21. The predicted molar refractivity (Wildman–Crippen MR) is 102 cm³/mol. The molecule has 0 atom stereocenters. The first-order chi connectivity index (χ1) is 12.5. The van der Waals surface area contributed by atoms with Crippen molar-refractivity contribution in [2.75, 3.05) is 31.1 Å². The van der Waals surface area contributed by atoms with Crippen molar-refractivity contribution in [3.05, 3.63) is 75.3 Å². The molecular weight excluding hydrogens is 354 g/mol. The van der Waals surface area contributed by atoms with Crippen molar-refractivity contribution in [1.29, 1.82) is 0 Å². The van der Waals surface area contributed by atoms with Crippen LogP contribution < -0.4 is 4.90 Å². The number of carbonyl (C=O) groups excluding carboxylic acids is 1. The molecule has 0 aliphatic carbocycles. The molecule has 2 aromatic carbocycles. The summed E-state index contributed by atoms with van der Waals surface area (Å²) in [4.78, 5) is 26.7. The zero-order valence-corrected chi connectivity index (χ0v) is 14.8. The highest BCUT2D eigenvalue weighted by atomic mass is 35.5. The average Bonchev–Trinajstić information content (AvgIpc) is 2.66. The molecule has 7 heteroatoms. The molecule has 0 saturated carbocycles. The summed E-state index contributed by atoms with van der Waals surface area (Å²) in [5, 5.41) is 11.5. The summed E-state index contributed by atoms with van der Waals surface area (Å²) in [6.07, 6.45) is 3.08. The van der Waals surface area contributed by atoms with E-state index in [4.69, 9.17) is 11.6 Å². The Morgan fingerprint density at radius 1 is 1.08 bits per heavy atom. The average molecular weight is 372 g/mol. The molecule has 0 spiro atoms. The number of benzene rings is 2. The van der Waals surface area contributed by atoms with Gasteiger partial charge in [-0.25, -0.2) is 0 Å². The molecule has 0 unspecified atom stereocenters. The van der Waals surface area contributed by atoms with Crippen LogP contribution >= 0.6 is 11.6 Å². The summed E-state index contributed by atoms with van der Waals surface area (Å²) < 4.78 is 0. The second-order valence-electron chi connectivity index (χ2n) is 5.98. The Bertz CT molecular complexity index is 845. The molecular formula is C19H18ClN3O3. The number of nitrogens with zero attached hydrogens (tertiary/aromatic N) is 3. The highest BCUT2D eigenvalue weighted by Gasteiger charge is 2.20. The molecule has 1 saturated heterocycles. The van der Waals surface area contributed by atoms with E-state index >= 15 is 0 Å². The van der Waals surface area contributed by atoms with E-state index in [2.05, 4.69) is 4.90 Å². The molecule has 0 bridgehead atoms. The van der Waals surface area contributed by atoms with E-state index in [1.165, 1.54) is 18.2 Å². The largest absolute Gasteiger partial charge is 0.368 e. The fourth-order valence-electron chi connectivity index (χ4n) is 2.87. The highest BCUT2D eigenvalue weighted by molar-refractivity contribution is 6.30. The van der Waals surface area contributed by atoms with Gasteiger partial charge in [0.15, 0.2) is 0 Å². The summed E-state index contributed by atoms with van der Waals surface area (Å²) in [6, 6.07) is 13.9. The molecule has 0 aromatic heterocycles. The Hall–Kier alpha value is -2.86. The van der Waals surface area contributed by atoms with Gasteiger partial charge >= 0.3 is 0 Å². The maximum atomic E-state index is 12.4. The zero-order chi connectivity index (χ0) is 18.5. The predicted octanol–water partition coefficient (Wildman–Crippen LogP) is 3.61. The first-order valence-electron chi connectivity index (χ1n) is 8.25. The molecule has 134 valence electrons. The standard InChI is InChI=1S/C19H18ClN3O3/c20-16-4-2-5-17(14-16)21-9-11-22(12-10-21)19(24)8-7-15-3-1-6-18(13-15)23(25)26/h1-8,13-14H,9-12H2. The molecule has 0 radical (unpaired) electrons. The Balaban J connectivity index is 1.58. The number of nitro groups is 1. The second-order valence-corrected chi connectivity index (χ2v) is 6.41. The molecule has 0 N–H and O–H groups in total. The summed E-state index contributed by atoms with van der Waals surface area (Å²) in [6.45, 7) is 2.70. The van der Waals surface area contributed by atoms with Crippen molar-refractivity contribution < 1.29 is 9.72 Å². The minimum Gasteiger partial charge on any atom is -0.368 e. The number of hydrogen-bond acceptors (Lipinski definition) is 4. The van der Waals surface area contributed by atoms with Crippen molar-refractivity contribution >= 4 is 35.0 Å². The van der Waals surface area contributed by atoms with Crippen LogP contribution in [0.15, 0.2) is 54.6 Å². The smallest absolute Gasteiger partial charge is 0.270 e. The molecule has 6 nitrogen and oxygen atoms in total. The van der Waals surface area contributed by atoms with Crippen LogP contribution in [0.3, 0.4) is 0 Å². The van der Waals surface area contributed by atoms with Gasteiger partial charge in [0.25, 0.3) is 5.69 Å². The van der Waals surface area contributed by atoms with Crippen LogP contribution in [0.2, 0.25) is 5.02 Å². The van der Waals surface area contributed by atoms with Gasteiger partial charge in [0.2, 0.25) is 5.91 Å². The molecule has 3 rings (SSSR count). The van der Waals surface area contributed by atoms with Crippen molar-refractivity contribution in [3.8, 4) is 0 Å². The summed E-state index contributed by atoms with van der Waals surface area (Å²) in [5.74, 6) is -0.0951. The van der Waals surface area contributed by atoms with E-state index in [0.717, 1.165) is 18.8 Å². The summed E-state index contributed by atoms with van der Waals surface area (Å²) in [5.41, 5.74) is 1.69. The van der Waals surface area contributed by atoms with Crippen LogP contribution in [-0.2, 0) is 4.79 Å². The van der Waals surface area contributed by atoms with Gasteiger partial charge in [-0.2, -0.15) is 0 Å². The molecule has 26 heavy (non-hydrogen) atoms. The van der Waals surface area contributed by atoms with Gasteiger partial charge in [-0.1, -0.05) is 29.8 Å². The summed E-state index contributed by atoms with van der Waals surface area (Å²) in [7, 11) is 0. The van der Waals surface area contributed by atoms with Crippen molar-refractivity contribution in [3.63, 3.8) is 0 Å². The third-order valence-corrected chi connectivity index (χ3v) is 4.50. The van der Waals surface area contributed by atoms with Crippen LogP contribution in [0, 0.1) is 10.1 Å². The number of amides is 1. The van der Waals surface area contributed by atoms with Gasteiger partial charge in [-0.3, -0.25) is 14.9 Å². The lowest BCUT2D eigenvalue weighted by Crippen LogP contribution is -2.48. The number of anilines is 1. The molecule has 1 aliphatic heterocycles. The van der Waals surface area contributed by atoms with E-state index in [-0.39, 0.29) is 11.6 Å². The van der Waals surface area contributed by atoms with Gasteiger partial charge in [0.05, 0.1) is 4.92 Å². The molecule has 1 heterocycles. The maximum absolute atomic E-state index is 12.4. The lowest BCUT2D eigenvalue weighted by atomic mass is 10.2. The summed E-state index contributed by atoms with van der Waals surface area (Å²) >= 11 is 6.03. The van der Waals surface area contributed by atoms with Gasteiger partial charge in [-0.05, 0) is 29.8 Å². The van der Waals surface area contributed by atoms with Crippen LogP contribution in [0.5, 0.6) is 0 Å². The number of halogens is 1. The number of nitro benzene ring substituents is 1. The molecule has 1 fully saturated rings. The Kier molecular flexibility index (Phi) is 5.53. The van der Waals surface area contributed by atoms with E-state index in [9.17, 15) is 14.9 Å². The third-order valence-electron chi connectivity index (χ3n) is 4.26. The lowest BCUT2D eigenvalue weighted by molar-refractivity contribution is -0.384. The van der Waals surface area contributed by atoms with Crippen LogP contribution in [0.4, 0.5) is 11.4 Å². The molecule has 2 aromatic rings. The fraction of sp³-hybridized carbons (Fsp3) is 0.211. The van der Waals surface area contributed by atoms with Crippen molar-refractivity contribution in [1.82, 2.24) is 4.90 Å². The first kappa shape index (κ1) is 17.9. The Labute approximate surface area is 156 Å². The van der Waals surface area contributed by atoms with E-state index in [1.54, 1.807) is 23.1 Å². The number of rotatable bonds is 4. The van der Waals surface area contributed by atoms with Crippen molar-refractivity contribution in [2.45, 2.75) is 0 Å². The maximum Gasteiger partial charge on any atom is 0.270 e. The minimum atomic E-state index is -0.450. The fourth-order valence-corrected chi connectivity index (χ4v) is 3.06. The van der Waals surface area contributed by atoms with Gasteiger partial charge in [-0.15, -0.1) is 0 Å². The van der Waals surface area contributed by atoms with E-state index in [0.29, 0.717) is 23.7 Å². The van der Waals surface area contributed by atoms with Gasteiger partial charge in [0.1, 0.15) is 0 Å². The molecule has 1 aliphatic rings. The topological polar surface area (TPSA) is 66.7 Å². The van der Waals surface area contributed by atoms with Crippen molar-refractivity contribution in [2.24, 2.45) is 0 Å². The Morgan fingerprint density at radius 2 is 1.81 bits per heavy atom. The number of piperazine rings is 1. The van der Waals surface area contributed by atoms with E-state index < -0.39 is 4.92 Å². The number of carbonyl (C=O) groups is 1. The first-order valence-corrected chi connectivity index (χ1v) is 8.63. The van der Waals surface area contributed by atoms with Crippen LogP contribution in [-0.4, -0.2) is 41.9 Å². The molecule has 1 amide bonds. The lowest BCUT2D eigenvalue weighted by Gasteiger charge is -2.35. The normalized spacial score (nSPS) is 14.7. The Morgan fingerprint density at radius 3 is 2.50 bits per heavy atom. The van der Waals surface area contributed by atoms with Crippen LogP contribution in [0.25, 0.3) is 6.08 Å². The SMILES string of the molecule is O=C(C=Cc1cccc([N+](=O)[O-])c1)N1CCN(c2cccc(Cl)c2)CC1. The van der Waals surface area contributed by atoms with Gasteiger partial charge < -0.3 is 9.80 Å². The second kappa shape index (κ2) is 8.01. The quantitative estimate of drug-likeness (QED) is 0.468.